The van der Waals surface area contributed by atoms with Gasteiger partial charge < -0.3 is 29.0 Å². The van der Waals surface area contributed by atoms with Crippen LogP contribution in [0.4, 0.5) is 0 Å². The summed E-state index contributed by atoms with van der Waals surface area (Å²) in [5, 5.41) is 0. The predicted octanol–water partition coefficient (Wildman–Crippen LogP) is 3.72. The Morgan fingerprint density at radius 1 is 0.947 bits per heavy atom. The molecule has 1 N–H and O–H groups in total. The van der Waals surface area contributed by atoms with E-state index in [1.54, 1.807) is 13.3 Å². The summed E-state index contributed by atoms with van der Waals surface area (Å²) in [6, 6.07) is 17.5. The van der Waals surface area contributed by atoms with Crippen molar-refractivity contribution in [3.05, 3.63) is 66.4 Å². The molecule has 1 saturated heterocycles. The molecule has 0 saturated carbocycles. The fourth-order valence-corrected chi connectivity index (χ4v) is 4.46. The van der Waals surface area contributed by atoms with Gasteiger partial charge in [0.1, 0.15) is 23.7 Å². The molecule has 0 aliphatic carbocycles. The van der Waals surface area contributed by atoms with Crippen LogP contribution in [0.1, 0.15) is 10.4 Å². The number of likely N-dealkylation sites (N-methyl/N-ethyl adjacent to an activating group) is 1. The summed E-state index contributed by atoms with van der Waals surface area (Å²) < 4.78 is 16.3. The number of benzene rings is 2. The molecule has 0 atom stereocenters. The molecule has 5 rings (SSSR count). The van der Waals surface area contributed by atoms with Gasteiger partial charge in [-0.25, -0.2) is 9.97 Å². The number of nitrogens with zero attached hydrogens (tertiary/aromatic N) is 4. The van der Waals surface area contributed by atoms with Crippen LogP contribution in [-0.4, -0.2) is 97.4 Å². The van der Waals surface area contributed by atoms with Crippen LogP contribution in [0, 0.1) is 0 Å². The zero-order valence-corrected chi connectivity index (χ0v) is 21.9. The maximum absolute atomic E-state index is 12.9. The average Bonchev–Trinajstić information content (AvgIpc) is 3.40. The van der Waals surface area contributed by atoms with Gasteiger partial charge in [0.05, 0.1) is 19.8 Å². The van der Waals surface area contributed by atoms with E-state index in [2.05, 4.69) is 21.9 Å². The molecule has 4 aromatic rings. The number of hydrogen-bond acceptors (Lipinski definition) is 7. The lowest BCUT2D eigenvalue weighted by Crippen LogP contribution is -2.47. The molecule has 9 heteroatoms. The maximum atomic E-state index is 12.9. The van der Waals surface area contributed by atoms with E-state index in [-0.39, 0.29) is 5.91 Å². The number of methoxy groups -OCH3 is 1. The lowest BCUT2D eigenvalue weighted by molar-refractivity contribution is 0.0544. The Balaban J connectivity index is 1.31. The van der Waals surface area contributed by atoms with Crippen molar-refractivity contribution in [3.8, 4) is 28.3 Å². The van der Waals surface area contributed by atoms with Gasteiger partial charge in [0.15, 0.2) is 5.65 Å². The van der Waals surface area contributed by atoms with Gasteiger partial charge >= 0.3 is 0 Å². The van der Waals surface area contributed by atoms with Gasteiger partial charge in [-0.3, -0.25) is 4.79 Å². The fourth-order valence-electron chi connectivity index (χ4n) is 4.46. The number of amides is 1. The van der Waals surface area contributed by atoms with Crippen LogP contribution in [0.25, 0.3) is 33.7 Å². The number of hydrogen-bond donors (Lipinski definition) is 1. The van der Waals surface area contributed by atoms with Crippen LogP contribution in [0.15, 0.2) is 60.8 Å². The molecule has 0 spiro atoms. The highest BCUT2D eigenvalue weighted by molar-refractivity contribution is 5.95. The number of rotatable bonds is 10. The van der Waals surface area contributed by atoms with Gasteiger partial charge in [0, 0.05) is 56.2 Å². The zero-order valence-electron chi connectivity index (χ0n) is 21.9. The van der Waals surface area contributed by atoms with E-state index in [0.29, 0.717) is 43.5 Å². The molecule has 2 aromatic carbocycles. The van der Waals surface area contributed by atoms with Crippen LogP contribution in [0.3, 0.4) is 0 Å². The smallest absolute Gasteiger partial charge is 0.253 e. The molecule has 0 unspecified atom stereocenters. The van der Waals surface area contributed by atoms with E-state index in [1.807, 2.05) is 59.5 Å². The number of nitrogens with one attached hydrogen (secondary N) is 1. The molecule has 1 aliphatic heterocycles. The molecule has 198 valence electrons. The maximum Gasteiger partial charge on any atom is 0.253 e. The molecule has 1 amide bonds. The molecule has 1 fully saturated rings. The van der Waals surface area contributed by atoms with Crippen LogP contribution in [0.2, 0.25) is 0 Å². The summed E-state index contributed by atoms with van der Waals surface area (Å²) in [6.07, 6.45) is 1.77. The van der Waals surface area contributed by atoms with Crippen LogP contribution in [-0.2, 0) is 9.47 Å². The van der Waals surface area contributed by atoms with E-state index >= 15 is 0 Å². The second-order valence-electron chi connectivity index (χ2n) is 9.30. The Morgan fingerprint density at radius 2 is 1.74 bits per heavy atom. The third-order valence-electron chi connectivity index (χ3n) is 6.65. The van der Waals surface area contributed by atoms with Gasteiger partial charge in [0.25, 0.3) is 5.91 Å². The van der Waals surface area contributed by atoms with Crippen molar-refractivity contribution in [1.29, 1.82) is 0 Å². The Bertz CT molecular complexity index is 1360. The largest absolute Gasteiger partial charge is 0.491 e. The van der Waals surface area contributed by atoms with E-state index < -0.39 is 0 Å². The Kier molecular flexibility index (Phi) is 8.28. The number of aromatic amines is 1. The number of imidazole rings is 1. The Morgan fingerprint density at radius 3 is 2.53 bits per heavy atom. The van der Waals surface area contributed by atoms with Crippen molar-refractivity contribution in [1.82, 2.24) is 24.8 Å². The number of carbonyl (C=O) groups is 1. The highest BCUT2D eigenvalue weighted by Gasteiger charge is 2.20. The van der Waals surface area contributed by atoms with Crippen molar-refractivity contribution in [2.45, 2.75) is 0 Å². The van der Waals surface area contributed by atoms with Crippen LogP contribution in [0.5, 0.6) is 5.75 Å². The minimum atomic E-state index is 0.0712. The number of aromatic nitrogens is 3. The Hall–Kier alpha value is -3.79. The highest BCUT2D eigenvalue weighted by Crippen LogP contribution is 2.30. The fraction of sp³-hybridized carbons (Fsp3) is 0.345. The molecule has 0 radical (unpaired) electrons. The normalized spacial score (nSPS) is 14.2. The van der Waals surface area contributed by atoms with Gasteiger partial charge in [-0.05, 0) is 42.9 Å². The average molecular weight is 516 g/mol. The second kappa shape index (κ2) is 12.2. The summed E-state index contributed by atoms with van der Waals surface area (Å²) in [6.45, 7) is 5.37. The molecule has 38 heavy (non-hydrogen) atoms. The summed E-state index contributed by atoms with van der Waals surface area (Å²) >= 11 is 0. The first-order chi connectivity index (χ1) is 18.6. The highest BCUT2D eigenvalue weighted by atomic mass is 16.5. The van der Waals surface area contributed by atoms with Gasteiger partial charge in [-0.2, -0.15) is 0 Å². The predicted molar refractivity (Wildman–Crippen MR) is 146 cm³/mol. The van der Waals surface area contributed by atoms with Crippen molar-refractivity contribution < 1.29 is 19.0 Å². The molecular weight excluding hydrogens is 482 g/mol. The summed E-state index contributed by atoms with van der Waals surface area (Å²) in [5.41, 5.74) is 5.01. The lowest BCUT2D eigenvalue weighted by Gasteiger charge is -2.32. The molecule has 3 heterocycles. The third kappa shape index (κ3) is 6.02. The first kappa shape index (κ1) is 25.8. The standard InChI is InChI=1S/C29H33N5O4/c1-33-12-14-34(15-13-33)29(35)22-8-6-21(7-9-22)27-31-26-25(10-11-30-28(26)32-27)23-4-3-5-24(20-23)38-19-18-37-17-16-36-2/h3-11,20H,12-19H2,1-2H3,(H,30,31,32). The van der Waals surface area contributed by atoms with E-state index in [4.69, 9.17) is 19.2 Å². The van der Waals surface area contributed by atoms with Crippen LogP contribution >= 0.6 is 0 Å². The van der Waals surface area contributed by atoms with Crippen molar-refractivity contribution >= 4 is 17.1 Å². The molecule has 1 aliphatic rings. The van der Waals surface area contributed by atoms with E-state index in [1.165, 1.54) is 0 Å². The van der Waals surface area contributed by atoms with E-state index in [9.17, 15) is 4.79 Å². The lowest BCUT2D eigenvalue weighted by atomic mass is 10.1. The quantitative estimate of drug-likeness (QED) is 0.322. The van der Waals surface area contributed by atoms with E-state index in [0.717, 1.165) is 54.1 Å². The van der Waals surface area contributed by atoms with Gasteiger partial charge in [0.2, 0.25) is 0 Å². The molecule has 9 nitrogen and oxygen atoms in total. The number of ether oxygens (including phenoxy) is 3. The first-order valence-corrected chi connectivity index (χ1v) is 12.9. The molecular formula is C29H33N5O4. The third-order valence-corrected chi connectivity index (χ3v) is 6.65. The van der Waals surface area contributed by atoms with Crippen molar-refractivity contribution in [2.24, 2.45) is 0 Å². The van der Waals surface area contributed by atoms with Crippen molar-refractivity contribution in [2.75, 3.05) is 66.8 Å². The molecule has 0 bridgehead atoms. The number of carbonyl (C=O) groups excluding carboxylic acids is 1. The number of fused-ring (bicyclic) bond motifs is 1. The SMILES string of the molecule is COCCOCCOc1cccc(-c2ccnc3[nH]c(-c4ccc(C(=O)N5CCN(C)CC5)cc4)nc23)c1. The molecule has 2 aromatic heterocycles. The number of H-pyrrole nitrogens is 1. The first-order valence-electron chi connectivity index (χ1n) is 12.9. The number of pyridine rings is 1. The topological polar surface area (TPSA) is 92.8 Å². The minimum absolute atomic E-state index is 0.0712. The van der Waals surface area contributed by atoms with Crippen LogP contribution < -0.4 is 4.74 Å². The van der Waals surface area contributed by atoms with Gasteiger partial charge in [-0.15, -0.1) is 0 Å². The second-order valence-corrected chi connectivity index (χ2v) is 9.30. The number of piperazine rings is 1. The summed E-state index contributed by atoms with van der Waals surface area (Å²) in [4.78, 5) is 29.8. The van der Waals surface area contributed by atoms with Gasteiger partial charge in [-0.1, -0.05) is 24.3 Å². The Labute approximate surface area is 222 Å². The summed E-state index contributed by atoms with van der Waals surface area (Å²) in [5.74, 6) is 1.54. The monoisotopic (exact) mass is 515 g/mol. The zero-order chi connectivity index (χ0) is 26.3. The summed E-state index contributed by atoms with van der Waals surface area (Å²) in [7, 11) is 3.73. The van der Waals surface area contributed by atoms with Crippen molar-refractivity contribution in [3.63, 3.8) is 0 Å². The minimum Gasteiger partial charge on any atom is -0.491 e.